The van der Waals surface area contributed by atoms with E-state index in [1.807, 2.05) is 6.07 Å². The number of ketones is 1. The van der Waals surface area contributed by atoms with Gasteiger partial charge in [0.1, 0.15) is 0 Å². The summed E-state index contributed by atoms with van der Waals surface area (Å²) in [6.07, 6.45) is 11.3. The second-order valence-corrected chi connectivity index (χ2v) is 7.12. The Morgan fingerprint density at radius 2 is 1.86 bits per heavy atom. The van der Waals surface area contributed by atoms with Gasteiger partial charge < -0.3 is 0 Å². The SMILES string of the molecule is CCCC1CCC(C(=O)c2cccc(C3CCC3)c2)CC1. The largest absolute Gasteiger partial charge is 0.294 e. The van der Waals surface area contributed by atoms with Gasteiger partial charge in [0.25, 0.3) is 0 Å². The Balaban J connectivity index is 1.62. The van der Waals surface area contributed by atoms with Gasteiger partial charge in [-0.2, -0.15) is 0 Å². The van der Waals surface area contributed by atoms with Crippen LogP contribution in [0.5, 0.6) is 0 Å². The van der Waals surface area contributed by atoms with Crippen molar-refractivity contribution in [1.82, 2.24) is 0 Å². The maximum absolute atomic E-state index is 12.7. The van der Waals surface area contributed by atoms with Gasteiger partial charge in [0.15, 0.2) is 5.78 Å². The average Bonchev–Trinajstić information content (AvgIpc) is 2.46. The lowest BCUT2D eigenvalue weighted by molar-refractivity contribution is 0.0869. The predicted molar refractivity (Wildman–Crippen MR) is 87.7 cm³/mol. The number of Topliss-reactive ketones (excluding diaryl/α,β-unsaturated/α-hetero) is 1. The molecule has 0 amide bonds. The minimum atomic E-state index is 0.287. The van der Waals surface area contributed by atoms with Crippen LogP contribution < -0.4 is 0 Å². The van der Waals surface area contributed by atoms with Gasteiger partial charge in [0.2, 0.25) is 0 Å². The number of hydrogen-bond donors (Lipinski definition) is 0. The van der Waals surface area contributed by atoms with Crippen LogP contribution in [0.1, 0.15) is 86.6 Å². The zero-order chi connectivity index (χ0) is 14.7. The van der Waals surface area contributed by atoms with Crippen molar-refractivity contribution in [1.29, 1.82) is 0 Å². The van der Waals surface area contributed by atoms with E-state index in [0.717, 1.165) is 30.2 Å². The van der Waals surface area contributed by atoms with Crippen LogP contribution in [-0.2, 0) is 0 Å². The van der Waals surface area contributed by atoms with E-state index < -0.39 is 0 Å². The predicted octanol–water partition coefficient (Wildman–Crippen LogP) is 5.74. The molecule has 0 heterocycles. The third-order valence-corrected chi connectivity index (χ3v) is 5.66. The molecule has 0 aromatic heterocycles. The fourth-order valence-electron chi connectivity index (χ4n) is 4.04. The molecule has 0 aliphatic heterocycles. The van der Waals surface area contributed by atoms with Crippen LogP contribution in [0, 0.1) is 11.8 Å². The molecule has 21 heavy (non-hydrogen) atoms. The molecule has 1 nitrogen and oxygen atoms in total. The van der Waals surface area contributed by atoms with E-state index in [1.165, 1.54) is 50.5 Å². The van der Waals surface area contributed by atoms with Gasteiger partial charge in [-0.25, -0.2) is 0 Å². The summed E-state index contributed by atoms with van der Waals surface area (Å²) in [5.74, 6) is 2.29. The van der Waals surface area contributed by atoms with Gasteiger partial charge in [0, 0.05) is 11.5 Å². The molecular formula is C20H28O. The number of carbonyl (C=O) groups excluding carboxylic acids is 1. The quantitative estimate of drug-likeness (QED) is 0.630. The van der Waals surface area contributed by atoms with Gasteiger partial charge in [-0.1, -0.05) is 44.4 Å². The molecule has 0 bridgehead atoms. The van der Waals surface area contributed by atoms with E-state index >= 15 is 0 Å². The van der Waals surface area contributed by atoms with E-state index in [-0.39, 0.29) is 5.92 Å². The van der Waals surface area contributed by atoms with Gasteiger partial charge in [-0.3, -0.25) is 4.79 Å². The summed E-state index contributed by atoms with van der Waals surface area (Å²) < 4.78 is 0. The van der Waals surface area contributed by atoms with Crippen molar-refractivity contribution in [2.75, 3.05) is 0 Å². The molecule has 3 rings (SSSR count). The van der Waals surface area contributed by atoms with E-state index in [9.17, 15) is 4.79 Å². The van der Waals surface area contributed by atoms with Crippen LogP contribution in [0.4, 0.5) is 0 Å². The molecular weight excluding hydrogens is 256 g/mol. The third-order valence-electron chi connectivity index (χ3n) is 5.66. The topological polar surface area (TPSA) is 17.1 Å². The second kappa shape index (κ2) is 6.77. The molecule has 2 aliphatic carbocycles. The monoisotopic (exact) mass is 284 g/mol. The molecule has 0 atom stereocenters. The Morgan fingerprint density at radius 3 is 2.48 bits per heavy atom. The van der Waals surface area contributed by atoms with Crippen LogP contribution in [0.2, 0.25) is 0 Å². The lowest BCUT2D eigenvalue weighted by Crippen LogP contribution is -2.22. The molecule has 0 spiro atoms. The highest BCUT2D eigenvalue weighted by atomic mass is 16.1. The molecule has 0 saturated heterocycles. The van der Waals surface area contributed by atoms with Crippen molar-refractivity contribution in [3.05, 3.63) is 35.4 Å². The normalized spacial score (nSPS) is 26.3. The fourth-order valence-corrected chi connectivity index (χ4v) is 4.04. The van der Waals surface area contributed by atoms with Gasteiger partial charge >= 0.3 is 0 Å². The highest BCUT2D eigenvalue weighted by Gasteiger charge is 2.27. The van der Waals surface area contributed by atoms with Crippen molar-refractivity contribution in [3.63, 3.8) is 0 Å². The number of rotatable bonds is 5. The van der Waals surface area contributed by atoms with Crippen molar-refractivity contribution in [3.8, 4) is 0 Å². The van der Waals surface area contributed by atoms with Crippen molar-refractivity contribution < 1.29 is 4.79 Å². The summed E-state index contributed by atoms with van der Waals surface area (Å²) in [4.78, 5) is 12.7. The Labute approximate surface area is 129 Å². The molecule has 0 unspecified atom stereocenters. The molecule has 0 N–H and O–H groups in total. The molecule has 1 aromatic carbocycles. The van der Waals surface area contributed by atoms with Crippen molar-refractivity contribution in [2.24, 2.45) is 11.8 Å². The zero-order valence-electron chi connectivity index (χ0n) is 13.3. The molecule has 0 radical (unpaired) electrons. The van der Waals surface area contributed by atoms with Crippen molar-refractivity contribution in [2.45, 2.75) is 70.6 Å². The first kappa shape index (κ1) is 14.8. The molecule has 114 valence electrons. The molecule has 1 aromatic rings. The van der Waals surface area contributed by atoms with E-state index in [0.29, 0.717) is 5.78 Å². The molecule has 2 aliphatic rings. The minimum Gasteiger partial charge on any atom is -0.294 e. The second-order valence-electron chi connectivity index (χ2n) is 7.12. The van der Waals surface area contributed by atoms with Crippen LogP contribution in [0.25, 0.3) is 0 Å². The van der Waals surface area contributed by atoms with E-state index in [4.69, 9.17) is 0 Å². The maximum atomic E-state index is 12.7. The summed E-state index contributed by atoms with van der Waals surface area (Å²) in [5, 5.41) is 0. The first-order valence-electron chi connectivity index (χ1n) is 8.92. The standard InChI is InChI=1S/C20H28O/c1-2-5-15-10-12-17(13-11-15)20(21)19-9-4-8-18(14-19)16-6-3-7-16/h4,8-9,14-17H,2-3,5-7,10-13H2,1H3. The van der Waals surface area contributed by atoms with E-state index in [2.05, 4.69) is 25.1 Å². The highest BCUT2D eigenvalue weighted by Crippen LogP contribution is 2.37. The summed E-state index contributed by atoms with van der Waals surface area (Å²) in [7, 11) is 0. The third kappa shape index (κ3) is 3.39. The van der Waals surface area contributed by atoms with Crippen LogP contribution in [0.15, 0.2) is 24.3 Å². The smallest absolute Gasteiger partial charge is 0.165 e. The first-order chi connectivity index (χ1) is 10.3. The van der Waals surface area contributed by atoms with Gasteiger partial charge in [-0.05, 0) is 62.0 Å². The van der Waals surface area contributed by atoms with Gasteiger partial charge in [-0.15, -0.1) is 0 Å². The Bertz CT molecular complexity index is 478. The Kier molecular flexibility index (Phi) is 4.77. The lowest BCUT2D eigenvalue weighted by Gasteiger charge is -2.28. The summed E-state index contributed by atoms with van der Waals surface area (Å²) in [6, 6.07) is 8.51. The maximum Gasteiger partial charge on any atom is 0.165 e. The molecule has 2 fully saturated rings. The average molecular weight is 284 g/mol. The van der Waals surface area contributed by atoms with Crippen molar-refractivity contribution >= 4 is 5.78 Å². The Hall–Kier alpha value is -1.11. The minimum absolute atomic E-state index is 0.287. The number of benzene rings is 1. The fraction of sp³-hybridized carbons (Fsp3) is 0.650. The summed E-state index contributed by atoms with van der Waals surface area (Å²) in [6.45, 7) is 2.27. The van der Waals surface area contributed by atoms with E-state index in [1.54, 1.807) is 0 Å². The number of hydrogen-bond acceptors (Lipinski definition) is 1. The summed E-state index contributed by atoms with van der Waals surface area (Å²) >= 11 is 0. The van der Waals surface area contributed by atoms with Crippen LogP contribution in [0.3, 0.4) is 0 Å². The zero-order valence-corrected chi connectivity index (χ0v) is 13.3. The first-order valence-corrected chi connectivity index (χ1v) is 8.92. The number of carbonyl (C=O) groups is 1. The van der Waals surface area contributed by atoms with Crippen LogP contribution >= 0.6 is 0 Å². The summed E-state index contributed by atoms with van der Waals surface area (Å²) in [5.41, 5.74) is 2.37. The lowest BCUT2D eigenvalue weighted by atomic mass is 9.76. The van der Waals surface area contributed by atoms with Crippen LogP contribution in [-0.4, -0.2) is 5.78 Å². The molecule has 1 heteroatoms. The Morgan fingerprint density at radius 1 is 1.10 bits per heavy atom. The molecule has 2 saturated carbocycles. The van der Waals surface area contributed by atoms with Gasteiger partial charge in [0.05, 0.1) is 0 Å². The highest BCUT2D eigenvalue weighted by molar-refractivity contribution is 5.98.